The first-order valence-electron chi connectivity index (χ1n) is 38.4. The van der Waals surface area contributed by atoms with E-state index in [4.69, 9.17) is 28.2 Å². The number of rotatable bonds is 9. The van der Waals surface area contributed by atoms with Gasteiger partial charge in [0.15, 0.2) is 0 Å². The van der Waals surface area contributed by atoms with Crippen LogP contribution < -0.4 is 0 Å². The molecule has 0 radical (unpaired) electrons. The molecule has 0 atom stereocenters. The van der Waals surface area contributed by atoms with Gasteiger partial charge in [0, 0.05) is 88.2 Å². The Hall–Kier alpha value is -15.5. The van der Waals surface area contributed by atoms with E-state index in [-0.39, 0.29) is 0 Å². The van der Waals surface area contributed by atoms with Crippen molar-refractivity contribution >= 4 is 131 Å². The summed E-state index contributed by atoms with van der Waals surface area (Å²) in [6.45, 7) is 0. The van der Waals surface area contributed by atoms with E-state index in [1.54, 1.807) is 0 Å². The van der Waals surface area contributed by atoms with Gasteiger partial charge in [0.1, 0.15) is 51.0 Å². The number of hydrogen-bond donors (Lipinski definition) is 0. The smallest absolute Gasteiger partial charge is 0.138 e. The highest BCUT2D eigenvalue weighted by Gasteiger charge is 2.21. The maximum Gasteiger partial charge on any atom is 0.138 e. The van der Waals surface area contributed by atoms with Crippen LogP contribution in [0.5, 0.6) is 0 Å². The molecule has 0 spiro atoms. The minimum absolute atomic E-state index is 0.912. The van der Waals surface area contributed by atoms with Crippen LogP contribution in [0.2, 0.25) is 0 Å². The van der Waals surface area contributed by atoms with Gasteiger partial charge in [-0.25, -0.2) is 15.0 Å². The fourth-order valence-electron chi connectivity index (χ4n) is 16.9. The molecule has 9 heterocycles. The molecule has 0 unspecified atom stereocenters. The summed E-state index contributed by atoms with van der Waals surface area (Å²) in [7, 11) is 0. The van der Waals surface area contributed by atoms with Crippen molar-refractivity contribution in [1.82, 2.24) is 28.7 Å². The Morgan fingerprint density at radius 1 is 0.175 bits per heavy atom. The summed E-state index contributed by atoms with van der Waals surface area (Å²) < 4.78 is 25.0. The quantitative estimate of drug-likeness (QED) is 0.143. The molecule has 24 rings (SSSR count). The van der Waals surface area contributed by atoms with Gasteiger partial charge in [0.05, 0.1) is 38.8 Å². The third-order valence-corrected chi connectivity index (χ3v) is 22.3. The molecule has 114 heavy (non-hydrogen) atoms. The SMILES string of the molecule is c1ccc(-c2ccc(-n3c4ccccc4c4cc(-c5ccc6oc7ccccc7c6c5)ccc43)nc2)cc1.c1ccc(-c2cccc(-n3c4ccccc4c4cc(-c5ccc6oc7ccccc7c6c5)ccc43)n2)cc1.c1ccc(-c2ccnc(-n3c4ccccc4c4cc(-c5ccc6oc7ccccc7c6c5)ccc43)c2)cc1. The number of hydrogen-bond acceptors (Lipinski definition) is 6. The molecule has 9 heteroatoms. The van der Waals surface area contributed by atoms with Crippen molar-refractivity contribution < 1.29 is 13.3 Å². The predicted octanol–water partition coefficient (Wildman–Crippen LogP) is 28.2. The lowest BCUT2D eigenvalue weighted by molar-refractivity contribution is 0.668. The molecule has 0 amide bonds. The second kappa shape index (κ2) is 27.3. The molecule has 9 aromatic heterocycles. The van der Waals surface area contributed by atoms with Crippen molar-refractivity contribution in [1.29, 1.82) is 0 Å². The van der Waals surface area contributed by atoms with Crippen LogP contribution >= 0.6 is 0 Å². The molecule has 9 nitrogen and oxygen atoms in total. The van der Waals surface area contributed by atoms with E-state index in [0.717, 1.165) is 139 Å². The van der Waals surface area contributed by atoms with Gasteiger partial charge >= 0.3 is 0 Å². The van der Waals surface area contributed by atoms with Gasteiger partial charge in [-0.15, -0.1) is 0 Å². The summed E-state index contributed by atoms with van der Waals surface area (Å²) in [5.74, 6) is 2.74. The Kier molecular flexibility index (Phi) is 15.7. The van der Waals surface area contributed by atoms with Crippen LogP contribution in [-0.4, -0.2) is 28.7 Å². The van der Waals surface area contributed by atoms with E-state index in [2.05, 4.69) is 347 Å². The highest BCUT2D eigenvalue weighted by molar-refractivity contribution is 6.15. The van der Waals surface area contributed by atoms with Gasteiger partial charge in [-0.05, 0) is 196 Å². The molecule has 24 aromatic rings. The fourth-order valence-corrected chi connectivity index (χ4v) is 16.9. The lowest BCUT2D eigenvalue weighted by Crippen LogP contribution is -1.98. The minimum Gasteiger partial charge on any atom is -0.456 e. The monoisotopic (exact) mass is 1460 g/mol. The van der Waals surface area contributed by atoms with Gasteiger partial charge in [-0.3, -0.25) is 13.7 Å². The molecule has 0 saturated carbocycles. The molecule has 534 valence electrons. The van der Waals surface area contributed by atoms with Crippen LogP contribution in [0.25, 0.3) is 216 Å². The summed E-state index contributed by atoms with van der Waals surface area (Å²) >= 11 is 0. The molecule has 0 N–H and O–H groups in total. The van der Waals surface area contributed by atoms with Crippen molar-refractivity contribution in [2.75, 3.05) is 0 Å². The lowest BCUT2D eigenvalue weighted by atomic mass is 10.0. The average Bonchev–Trinajstić information content (AvgIpc) is 1.60. The number of fused-ring (bicyclic) bond motifs is 18. The Labute approximate surface area is 654 Å². The predicted molar refractivity (Wildman–Crippen MR) is 470 cm³/mol. The number of pyridine rings is 3. The third kappa shape index (κ3) is 11.4. The van der Waals surface area contributed by atoms with Crippen LogP contribution in [0, 0.1) is 0 Å². The summed E-state index contributed by atoms with van der Waals surface area (Å²) in [6.07, 6.45) is 3.86. The van der Waals surface area contributed by atoms with Crippen molar-refractivity contribution in [3.63, 3.8) is 0 Å². The summed E-state index contributed by atoms with van der Waals surface area (Å²) in [5, 5.41) is 14.1. The first-order valence-corrected chi connectivity index (χ1v) is 38.4. The van der Waals surface area contributed by atoms with Gasteiger partial charge in [-0.2, -0.15) is 0 Å². The zero-order valence-corrected chi connectivity index (χ0v) is 61.5. The second-order valence-electron chi connectivity index (χ2n) is 29.0. The average molecular weight is 1460 g/mol. The van der Waals surface area contributed by atoms with Crippen LogP contribution in [0.4, 0.5) is 0 Å². The number of para-hydroxylation sites is 6. The standard InChI is InChI=1S/3C35H22N2O/c1-2-9-23(10-3-1)30-13-8-16-35(36-30)37-31-14-6-4-11-26(31)28-21-24(17-19-32(28)37)25-18-20-34-29(22-25)27-12-5-7-15-33(27)38-34;1-2-8-23(9-3-1)26-16-19-35(36-22-26)37-31-12-6-4-10-27(31)29-20-24(14-17-32(29)37)25-15-18-34-30(21-25)28-11-5-7-13-33(28)38-34;1-2-8-23(9-3-1)26-18-19-36-35(22-26)37-31-12-6-4-10-27(31)29-20-24(14-16-32(29)37)25-15-17-34-30(21-25)28-11-5-7-13-33(28)38-34/h3*1-22H. The van der Waals surface area contributed by atoms with Gasteiger partial charge in [0.2, 0.25) is 0 Å². The van der Waals surface area contributed by atoms with E-state index in [0.29, 0.717) is 0 Å². The van der Waals surface area contributed by atoms with E-state index < -0.39 is 0 Å². The highest BCUT2D eigenvalue weighted by Crippen LogP contribution is 2.43. The van der Waals surface area contributed by atoms with E-state index in [9.17, 15) is 0 Å². The lowest BCUT2D eigenvalue weighted by Gasteiger charge is -2.09. The molecular weight excluding hydrogens is 1390 g/mol. The van der Waals surface area contributed by atoms with Crippen LogP contribution in [0.3, 0.4) is 0 Å². The molecule has 15 aromatic carbocycles. The van der Waals surface area contributed by atoms with Crippen molar-refractivity contribution in [2.24, 2.45) is 0 Å². The molecule has 0 bridgehead atoms. The Morgan fingerprint density at radius 3 is 0.930 bits per heavy atom. The van der Waals surface area contributed by atoms with Gasteiger partial charge in [-0.1, -0.05) is 243 Å². The number of nitrogens with zero attached hydrogens (tertiary/aromatic N) is 6. The highest BCUT2D eigenvalue weighted by atomic mass is 16.3. The first-order chi connectivity index (χ1) is 56.5. The number of benzene rings is 15. The van der Waals surface area contributed by atoms with E-state index >= 15 is 0 Å². The maximum atomic E-state index is 6.05. The van der Waals surface area contributed by atoms with Gasteiger partial charge < -0.3 is 13.3 Å². The molecule has 0 aliphatic rings. The Balaban J connectivity index is 0.000000104. The normalized spacial score (nSPS) is 11.7. The topological polar surface area (TPSA) is 92.9 Å². The zero-order chi connectivity index (χ0) is 75.2. The van der Waals surface area contributed by atoms with Crippen LogP contribution in [0.1, 0.15) is 0 Å². The summed E-state index contributed by atoms with van der Waals surface area (Å²) in [6, 6.07) is 136. The second-order valence-corrected chi connectivity index (χ2v) is 29.0. The fraction of sp³-hybridized carbons (Fsp3) is 0. The maximum absolute atomic E-state index is 6.05. The van der Waals surface area contributed by atoms with Crippen LogP contribution in [0.15, 0.2) is 414 Å². The molecule has 0 saturated heterocycles. The molecular formula is C105H66N6O3. The van der Waals surface area contributed by atoms with E-state index in [1.807, 2.05) is 67.0 Å². The summed E-state index contributed by atoms with van der Waals surface area (Å²) in [4.78, 5) is 14.8. The zero-order valence-electron chi connectivity index (χ0n) is 61.5. The molecule has 0 aliphatic carbocycles. The van der Waals surface area contributed by atoms with E-state index in [1.165, 1.54) is 76.8 Å². The number of furan rings is 3. The minimum atomic E-state index is 0.912. The number of aromatic nitrogens is 6. The molecule has 0 aliphatic heterocycles. The Morgan fingerprint density at radius 2 is 0.500 bits per heavy atom. The van der Waals surface area contributed by atoms with Crippen LogP contribution in [-0.2, 0) is 0 Å². The summed E-state index contributed by atoms with van der Waals surface area (Å²) in [5.41, 5.74) is 26.1. The molecule has 0 fully saturated rings. The third-order valence-electron chi connectivity index (χ3n) is 22.3. The largest absolute Gasteiger partial charge is 0.456 e. The van der Waals surface area contributed by atoms with Gasteiger partial charge in [0.25, 0.3) is 0 Å². The van der Waals surface area contributed by atoms with Crippen molar-refractivity contribution in [3.8, 4) is 84.3 Å². The Bertz CT molecular complexity index is 7550. The van der Waals surface area contributed by atoms with Crippen molar-refractivity contribution in [2.45, 2.75) is 0 Å². The van der Waals surface area contributed by atoms with Crippen molar-refractivity contribution in [3.05, 3.63) is 401 Å². The first kappa shape index (κ1) is 65.6.